The molecular formula is C25H21BrO. The van der Waals surface area contributed by atoms with Crippen molar-refractivity contribution < 1.29 is 4.74 Å². The Kier molecular flexibility index (Phi) is 4.75. The summed E-state index contributed by atoms with van der Waals surface area (Å²) in [6, 6.07) is 27.7. The van der Waals surface area contributed by atoms with Gasteiger partial charge in [-0.2, -0.15) is 0 Å². The molecular weight excluding hydrogens is 396 g/mol. The molecule has 0 aliphatic carbocycles. The van der Waals surface area contributed by atoms with Crippen LogP contribution >= 0.6 is 15.9 Å². The number of rotatable bonds is 3. The quantitative estimate of drug-likeness (QED) is 0.445. The Bertz CT molecular complexity index is 977. The van der Waals surface area contributed by atoms with Crippen LogP contribution < -0.4 is 4.74 Å². The summed E-state index contributed by atoms with van der Waals surface area (Å²) in [4.78, 5) is 0. The zero-order valence-corrected chi connectivity index (χ0v) is 17.0. The molecule has 0 radical (unpaired) electrons. The summed E-state index contributed by atoms with van der Waals surface area (Å²) in [5.41, 5.74) is 4.40. The average molecular weight is 417 g/mol. The van der Waals surface area contributed by atoms with Gasteiger partial charge in [-0.05, 0) is 58.6 Å². The van der Waals surface area contributed by atoms with Gasteiger partial charge in [0.1, 0.15) is 11.5 Å². The summed E-state index contributed by atoms with van der Waals surface area (Å²) in [6.07, 6.45) is 4.08. The summed E-state index contributed by atoms with van der Waals surface area (Å²) in [7, 11) is 0. The van der Waals surface area contributed by atoms with Gasteiger partial charge < -0.3 is 4.74 Å². The van der Waals surface area contributed by atoms with E-state index < -0.39 is 5.41 Å². The van der Waals surface area contributed by atoms with E-state index in [1.54, 1.807) is 0 Å². The maximum Gasteiger partial charge on any atom is 0.146 e. The van der Waals surface area contributed by atoms with Gasteiger partial charge in [-0.15, -0.1) is 0 Å². The number of ether oxygens (including phenoxy) is 1. The Hall–Kier alpha value is -2.58. The smallest absolute Gasteiger partial charge is 0.146 e. The zero-order chi connectivity index (χ0) is 18.9. The number of allylic oxidation sites excluding steroid dienone is 3. The summed E-state index contributed by atoms with van der Waals surface area (Å²) in [6.45, 7) is 4.20. The largest absolute Gasteiger partial charge is 0.456 e. The summed E-state index contributed by atoms with van der Waals surface area (Å²) < 4.78 is 7.32. The van der Waals surface area contributed by atoms with Crippen molar-refractivity contribution in [2.75, 3.05) is 0 Å². The molecule has 0 amide bonds. The normalized spacial score (nSPS) is 15.5. The third-order valence-electron chi connectivity index (χ3n) is 5.25. The van der Waals surface area contributed by atoms with E-state index >= 15 is 0 Å². The molecule has 0 unspecified atom stereocenters. The number of hydrogen-bond acceptors (Lipinski definition) is 1. The van der Waals surface area contributed by atoms with E-state index in [1.165, 1.54) is 16.7 Å². The minimum atomic E-state index is -0.408. The van der Waals surface area contributed by atoms with Crippen molar-refractivity contribution in [2.24, 2.45) is 0 Å². The Balaban J connectivity index is 2.18. The number of halogens is 1. The van der Waals surface area contributed by atoms with E-state index in [9.17, 15) is 0 Å². The first-order valence-electron chi connectivity index (χ1n) is 9.11. The number of fused-ring (bicyclic) bond motifs is 1. The molecule has 2 heteroatoms. The van der Waals surface area contributed by atoms with Crippen LogP contribution in [0.1, 0.15) is 30.5 Å². The Morgan fingerprint density at radius 1 is 0.815 bits per heavy atom. The molecule has 1 aliphatic rings. The summed E-state index contributed by atoms with van der Waals surface area (Å²) >= 11 is 3.71. The Labute approximate surface area is 169 Å². The highest BCUT2D eigenvalue weighted by atomic mass is 79.9. The molecule has 1 heterocycles. The van der Waals surface area contributed by atoms with Crippen LogP contribution in [0, 0.1) is 0 Å². The van der Waals surface area contributed by atoms with E-state index in [0.29, 0.717) is 0 Å². The molecule has 1 aliphatic heterocycles. The lowest BCUT2D eigenvalue weighted by atomic mass is 9.63. The highest BCUT2D eigenvalue weighted by Crippen LogP contribution is 2.53. The maximum absolute atomic E-state index is 6.36. The molecule has 134 valence electrons. The van der Waals surface area contributed by atoms with Crippen LogP contribution in [0.15, 0.2) is 107 Å². The SMILES string of the molecule is CC=CC1=C(C)C(c2ccccc2)(c2ccccc2)c2cccc(Br)c2O1. The third kappa shape index (κ3) is 2.76. The van der Waals surface area contributed by atoms with Crippen LogP contribution in [0.25, 0.3) is 0 Å². The van der Waals surface area contributed by atoms with Crippen LogP contribution in [-0.4, -0.2) is 0 Å². The second-order valence-electron chi connectivity index (χ2n) is 6.69. The Morgan fingerprint density at radius 2 is 1.41 bits per heavy atom. The van der Waals surface area contributed by atoms with Crippen molar-refractivity contribution in [3.05, 3.63) is 124 Å². The molecule has 27 heavy (non-hydrogen) atoms. The van der Waals surface area contributed by atoms with Crippen molar-refractivity contribution in [2.45, 2.75) is 19.3 Å². The molecule has 0 saturated heterocycles. The Morgan fingerprint density at radius 3 is 1.96 bits per heavy atom. The first-order valence-corrected chi connectivity index (χ1v) is 9.90. The van der Waals surface area contributed by atoms with Crippen LogP contribution in [0.4, 0.5) is 0 Å². The molecule has 0 bridgehead atoms. The van der Waals surface area contributed by atoms with Gasteiger partial charge in [0.2, 0.25) is 0 Å². The molecule has 0 aromatic heterocycles. The molecule has 4 rings (SSSR count). The van der Waals surface area contributed by atoms with E-state index in [-0.39, 0.29) is 0 Å². The van der Waals surface area contributed by atoms with Crippen molar-refractivity contribution in [3.8, 4) is 5.75 Å². The van der Waals surface area contributed by atoms with Gasteiger partial charge in [-0.3, -0.25) is 0 Å². The van der Waals surface area contributed by atoms with Gasteiger partial charge >= 0.3 is 0 Å². The highest BCUT2D eigenvalue weighted by molar-refractivity contribution is 9.10. The van der Waals surface area contributed by atoms with Crippen molar-refractivity contribution in [3.63, 3.8) is 0 Å². The fourth-order valence-electron chi connectivity index (χ4n) is 4.08. The minimum absolute atomic E-state index is 0.408. The molecule has 0 fully saturated rings. The van der Waals surface area contributed by atoms with Crippen molar-refractivity contribution >= 4 is 15.9 Å². The predicted octanol–water partition coefficient (Wildman–Crippen LogP) is 7.03. The number of benzene rings is 3. The summed E-state index contributed by atoms with van der Waals surface area (Å²) in [5, 5.41) is 0. The lowest BCUT2D eigenvalue weighted by Crippen LogP contribution is -2.35. The van der Waals surface area contributed by atoms with Crippen molar-refractivity contribution in [1.29, 1.82) is 0 Å². The van der Waals surface area contributed by atoms with E-state index in [0.717, 1.165) is 21.5 Å². The number of hydrogen-bond donors (Lipinski definition) is 0. The fourth-order valence-corrected chi connectivity index (χ4v) is 4.53. The number of para-hydroxylation sites is 1. The molecule has 0 N–H and O–H groups in total. The van der Waals surface area contributed by atoms with E-state index in [1.807, 2.05) is 19.1 Å². The average Bonchev–Trinajstić information content (AvgIpc) is 2.71. The second-order valence-corrected chi connectivity index (χ2v) is 7.54. The second kappa shape index (κ2) is 7.21. The molecule has 0 spiro atoms. The molecule has 0 atom stereocenters. The van der Waals surface area contributed by atoms with Gasteiger partial charge in [0.25, 0.3) is 0 Å². The van der Waals surface area contributed by atoms with Crippen molar-refractivity contribution in [1.82, 2.24) is 0 Å². The molecule has 3 aromatic carbocycles. The first kappa shape index (κ1) is 17.8. The van der Waals surface area contributed by atoms with Crippen LogP contribution in [0.3, 0.4) is 0 Å². The van der Waals surface area contributed by atoms with Gasteiger partial charge in [-0.1, -0.05) is 78.9 Å². The molecule has 1 nitrogen and oxygen atoms in total. The maximum atomic E-state index is 6.36. The third-order valence-corrected chi connectivity index (χ3v) is 5.87. The fraction of sp³-hybridized carbons (Fsp3) is 0.120. The van der Waals surface area contributed by atoms with Gasteiger partial charge in [0, 0.05) is 5.56 Å². The first-order chi connectivity index (χ1) is 13.2. The van der Waals surface area contributed by atoms with Gasteiger partial charge in [-0.25, -0.2) is 0 Å². The minimum Gasteiger partial charge on any atom is -0.456 e. The predicted molar refractivity (Wildman–Crippen MR) is 115 cm³/mol. The highest BCUT2D eigenvalue weighted by Gasteiger charge is 2.45. The van der Waals surface area contributed by atoms with Crippen LogP contribution in [0.5, 0.6) is 5.75 Å². The lowest BCUT2D eigenvalue weighted by Gasteiger charge is -2.42. The zero-order valence-electron chi connectivity index (χ0n) is 15.4. The van der Waals surface area contributed by atoms with E-state index in [2.05, 4.69) is 102 Å². The van der Waals surface area contributed by atoms with Gasteiger partial charge in [0.05, 0.1) is 9.89 Å². The summed E-state index contributed by atoms with van der Waals surface area (Å²) in [5.74, 6) is 1.77. The molecule has 3 aromatic rings. The topological polar surface area (TPSA) is 9.23 Å². The lowest BCUT2D eigenvalue weighted by molar-refractivity contribution is 0.394. The molecule has 0 saturated carbocycles. The van der Waals surface area contributed by atoms with Crippen LogP contribution in [0.2, 0.25) is 0 Å². The van der Waals surface area contributed by atoms with Gasteiger partial charge in [0.15, 0.2) is 0 Å². The standard InChI is InChI=1S/C25H21BrO/c1-3-11-23-18(2)25(19-12-6-4-7-13-19,20-14-8-5-9-15-20)21-16-10-17-22(26)24(21)27-23/h3-17H,1-2H3. The van der Waals surface area contributed by atoms with E-state index in [4.69, 9.17) is 4.74 Å². The monoisotopic (exact) mass is 416 g/mol. The van der Waals surface area contributed by atoms with Crippen LogP contribution in [-0.2, 0) is 5.41 Å².